The van der Waals surface area contributed by atoms with E-state index in [1.165, 1.54) is 51.4 Å². The van der Waals surface area contributed by atoms with E-state index in [9.17, 15) is 5.11 Å². The fourth-order valence-electron chi connectivity index (χ4n) is 8.63. The summed E-state index contributed by atoms with van der Waals surface area (Å²) >= 11 is 0. The van der Waals surface area contributed by atoms with Crippen LogP contribution in [0.25, 0.3) is 0 Å². The lowest BCUT2D eigenvalue weighted by atomic mass is 9.45. The average molecular weight is 373 g/mol. The Hall–Kier alpha value is -0.460. The predicted molar refractivity (Wildman–Crippen MR) is 115 cm³/mol. The van der Waals surface area contributed by atoms with E-state index in [2.05, 4.69) is 40.7 Å². The van der Waals surface area contributed by atoms with Crippen LogP contribution in [0.15, 0.2) is 11.8 Å². The maximum absolute atomic E-state index is 10.1. The molecule has 0 bridgehead atoms. The molecule has 0 spiro atoms. The minimum Gasteiger partial charge on any atom is -0.513 e. The van der Waals surface area contributed by atoms with E-state index in [0.717, 1.165) is 54.3 Å². The van der Waals surface area contributed by atoms with Gasteiger partial charge in [0.15, 0.2) is 0 Å². The van der Waals surface area contributed by atoms with Crippen molar-refractivity contribution in [2.24, 2.45) is 52.3 Å². The summed E-state index contributed by atoms with van der Waals surface area (Å²) in [7, 11) is 0. The summed E-state index contributed by atoms with van der Waals surface area (Å²) < 4.78 is 0. The van der Waals surface area contributed by atoms with Crippen LogP contribution in [0.1, 0.15) is 98.8 Å². The molecule has 0 radical (unpaired) electrons. The molecule has 8 atom stereocenters. The highest BCUT2D eigenvalue weighted by atomic mass is 16.3. The van der Waals surface area contributed by atoms with Crippen molar-refractivity contribution in [3.05, 3.63) is 11.8 Å². The minimum absolute atomic E-state index is 0.456. The Morgan fingerprint density at radius 3 is 2.44 bits per heavy atom. The minimum atomic E-state index is 0.456. The van der Waals surface area contributed by atoms with E-state index in [-0.39, 0.29) is 0 Å². The van der Waals surface area contributed by atoms with Crippen LogP contribution in [0.4, 0.5) is 0 Å². The summed E-state index contributed by atoms with van der Waals surface area (Å²) in [6.07, 6.45) is 15.8. The van der Waals surface area contributed by atoms with Gasteiger partial charge in [0.1, 0.15) is 0 Å². The first-order valence-corrected chi connectivity index (χ1v) is 12.1. The van der Waals surface area contributed by atoms with Crippen LogP contribution in [0.2, 0.25) is 0 Å². The van der Waals surface area contributed by atoms with Crippen LogP contribution in [0, 0.1) is 52.3 Å². The zero-order chi connectivity index (χ0) is 19.4. The summed E-state index contributed by atoms with van der Waals surface area (Å²) in [6, 6.07) is 0. The first-order valence-electron chi connectivity index (χ1n) is 12.1. The number of fused-ring (bicyclic) bond motifs is 5. The number of allylic oxidation sites excluding steroid dienone is 2. The third-order valence-electron chi connectivity index (χ3n) is 10.3. The molecule has 27 heavy (non-hydrogen) atoms. The summed E-state index contributed by atoms with van der Waals surface area (Å²) in [4.78, 5) is 0. The molecule has 0 aliphatic heterocycles. The van der Waals surface area contributed by atoms with Gasteiger partial charge in [-0.05, 0) is 103 Å². The first-order chi connectivity index (χ1) is 12.8. The van der Waals surface area contributed by atoms with Gasteiger partial charge < -0.3 is 5.11 Å². The molecule has 0 aromatic heterocycles. The molecule has 4 unspecified atom stereocenters. The van der Waals surface area contributed by atoms with Crippen LogP contribution >= 0.6 is 0 Å². The van der Waals surface area contributed by atoms with E-state index in [1.54, 1.807) is 0 Å². The van der Waals surface area contributed by atoms with Gasteiger partial charge in [-0.1, -0.05) is 47.5 Å². The van der Waals surface area contributed by atoms with Gasteiger partial charge in [-0.3, -0.25) is 0 Å². The van der Waals surface area contributed by atoms with Gasteiger partial charge >= 0.3 is 0 Å². The second-order valence-corrected chi connectivity index (χ2v) is 11.9. The lowest BCUT2D eigenvalue weighted by molar-refractivity contribution is -0.104. The van der Waals surface area contributed by atoms with Crippen LogP contribution in [-0.4, -0.2) is 5.11 Å². The Kier molecular flexibility index (Phi) is 5.22. The molecule has 0 aromatic rings. The van der Waals surface area contributed by atoms with Crippen molar-refractivity contribution in [3.63, 3.8) is 0 Å². The van der Waals surface area contributed by atoms with Gasteiger partial charge in [0, 0.05) is 6.42 Å². The molecule has 0 saturated heterocycles. The second-order valence-electron chi connectivity index (χ2n) is 11.9. The standard InChI is InChI=1S/C26H44O/c1-17(2)6-7-18(3)22-10-11-23-21-9-8-19-16-20(27)12-14-25(19,4)24(21)13-15-26(22,23)5/h12,17-19,21-24,27H,6-11,13-16H2,1-5H3/t18?,19-,21?,22+,23?,24?,25-,26+/m0/s1. The van der Waals surface area contributed by atoms with Gasteiger partial charge in [-0.2, -0.15) is 0 Å². The predicted octanol–water partition coefficient (Wildman–Crippen LogP) is 7.77. The van der Waals surface area contributed by atoms with E-state index in [4.69, 9.17) is 0 Å². The molecule has 1 heteroatoms. The maximum Gasteiger partial charge on any atom is 0.0886 e. The highest BCUT2D eigenvalue weighted by Crippen LogP contribution is 2.68. The number of rotatable bonds is 4. The van der Waals surface area contributed by atoms with Crippen LogP contribution in [0.5, 0.6) is 0 Å². The Bertz CT molecular complexity index is 577. The van der Waals surface area contributed by atoms with Gasteiger partial charge in [-0.15, -0.1) is 0 Å². The SMILES string of the molecule is CC(C)CCC(C)[C@H]1CCC2C3CC[C@H]4CC(O)=CC[C@]4(C)C3CC[C@@]21C. The Morgan fingerprint density at radius 2 is 1.70 bits per heavy atom. The number of aliphatic hydroxyl groups is 1. The van der Waals surface area contributed by atoms with E-state index < -0.39 is 0 Å². The lowest BCUT2D eigenvalue weighted by Gasteiger charge is -2.60. The molecular weight excluding hydrogens is 328 g/mol. The normalized spacial score (nSPS) is 47.8. The summed E-state index contributed by atoms with van der Waals surface area (Å²) in [5, 5.41) is 10.1. The molecule has 3 saturated carbocycles. The molecular formula is C26H44O. The van der Waals surface area contributed by atoms with E-state index >= 15 is 0 Å². The third kappa shape index (κ3) is 3.20. The van der Waals surface area contributed by atoms with Crippen molar-refractivity contribution in [1.82, 2.24) is 0 Å². The fraction of sp³-hybridized carbons (Fsp3) is 0.923. The smallest absolute Gasteiger partial charge is 0.0886 e. The highest BCUT2D eigenvalue weighted by Gasteiger charge is 2.60. The largest absolute Gasteiger partial charge is 0.513 e. The lowest BCUT2D eigenvalue weighted by Crippen LogP contribution is -2.52. The van der Waals surface area contributed by atoms with Crippen LogP contribution in [-0.2, 0) is 0 Å². The Balaban J connectivity index is 1.52. The highest BCUT2D eigenvalue weighted by molar-refractivity contribution is 5.14. The maximum atomic E-state index is 10.1. The van der Waals surface area contributed by atoms with Crippen molar-refractivity contribution >= 4 is 0 Å². The van der Waals surface area contributed by atoms with E-state index in [0.29, 0.717) is 16.6 Å². The topological polar surface area (TPSA) is 20.2 Å². The molecule has 0 aromatic carbocycles. The number of hydrogen-bond acceptors (Lipinski definition) is 1. The zero-order valence-corrected chi connectivity index (χ0v) is 18.6. The zero-order valence-electron chi connectivity index (χ0n) is 18.6. The van der Waals surface area contributed by atoms with Crippen LogP contribution < -0.4 is 0 Å². The first kappa shape index (κ1) is 19.8. The molecule has 3 fully saturated rings. The average Bonchev–Trinajstić information content (AvgIpc) is 2.97. The molecule has 1 N–H and O–H groups in total. The molecule has 1 nitrogen and oxygen atoms in total. The van der Waals surface area contributed by atoms with Crippen molar-refractivity contribution in [2.45, 2.75) is 98.8 Å². The monoisotopic (exact) mass is 372 g/mol. The van der Waals surface area contributed by atoms with Crippen LogP contribution in [0.3, 0.4) is 0 Å². The van der Waals surface area contributed by atoms with Crippen molar-refractivity contribution < 1.29 is 5.11 Å². The van der Waals surface area contributed by atoms with Crippen molar-refractivity contribution in [1.29, 1.82) is 0 Å². The number of hydrogen-bond donors (Lipinski definition) is 1. The van der Waals surface area contributed by atoms with E-state index in [1.807, 2.05) is 0 Å². The molecule has 0 amide bonds. The number of aliphatic hydroxyl groups excluding tert-OH is 1. The van der Waals surface area contributed by atoms with Gasteiger partial charge in [0.25, 0.3) is 0 Å². The fourth-order valence-corrected chi connectivity index (χ4v) is 8.63. The Labute approximate surface area is 168 Å². The van der Waals surface area contributed by atoms with Gasteiger partial charge in [-0.25, -0.2) is 0 Å². The van der Waals surface area contributed by atoms with Gasteiger partial charge in [0.05, 0.1) is 5.76 Å². The third-order valence-corrected chi connectivity index (χ3v) is 10.3. The molecule has 4 aliphatic rings. The molecule has 4 aliphatic carbocycles. The van der Waals surface area contributed by atoms with Crippen molar-refractivity contribution in [3.8, 4) is 0 Å². The molecule has 0 heterocycles. The molecule has 154 valence electrons. The summed E-state index contributed by atoms with van der Waals surface area (Å²) in [6.45, 7) is 12.6. The second kappa shape index (κ2) is 7.10. The molecule has 4 rings (SSSR count). The summed E-state index contributed by atoms with van der Waals surface area (Å²) in [5.74, 6) is 6.96. The van der Waals surface area contributed by atoms with Gasteiger partial charge in [0.2, 0.25) is 0 Å². The van der Waals surface area contributed by atoms with Crippen molar-refractivity contribution in [2.75, 3.05) is 0 Å². The quantitative estimate of drug-likeness (QED) is 0.534. The Morgan fingerprint density at radius 1 is 0.963 bits per heavy atom. The summed E-state index contributed by atoms with van der Waals surface area (Å²) in [5.41, 5.74) is 1.06.